The van der Waals surface area contributed by atoms with E-state index in [4.69, 9.17) is 11.6 Å². The Morgan fingerprint density at radius 2 is 2.50 bits per heavy atom. The van der Waals surface area contributed by atoms with Gasteiger partial charge in [0.05, 0.1) is 0 Å². The molecule has 0 aromatic carbocycles. The van der Waals surface area contributed by atoms with Crippen LogP contribution < -0.4 is 0 Å². The second-order valence-corrected chi connectivity index (χ2v) is 1.36. The minimum atomic E-state index is -0.553. The van der Waals surface area contributed by atoms with E-state index >= 15 is 0 Å². The first-order valence-electron chi connectivity index (χ1n) is 1.44. The molecule has 0 N–H and O–H groups in total. The van der Waals surface area contributed by atoms with Crippen molar-refractivity contribution in [3.63, 3.8) is 0 Å². The highest BCUT2D eigenvalue weighted by molar-refractivity contribution is 6.19. The number of rotatable bonds is 2. The summed E-state index contributed by atoms with van der Waals surface area (Å²) >= 11 is 5.09. The second-order valence-electron chi connectivity index (χ2n) is 0.744. The normalized spacial score (nSPS) is 13.0. The molecule has 0 amide bonds. The predicted molar refractivity (Wildman–Crippen MR) is 22.1 cm³/mol. The van der Waals surface area contributed by atoms with Crippen LogP contribution in [0.5, 0.6) is 0 Å². The fourth-order valence-electron chi connectivity index (χ4n) is 0.0663. The van der Waals surface area contributed by atoms with Gasteiger partial charge in [0, 0.05) is 0 Å². The summed E-state index contributed by atoms with van der Waals surface area (Å²) in [6.45, 7) is 2.72. The second kappa shape index (κ2) is 2.97. The summed E-state index contributed by atoms with van der Waals surface area (Å²) < 4.78 is 4.00. The van der Waals surface area contributed by atoms with Crippen LogP contribution in [0.3, 0.4) is 0 Å². The molecule has 0 saturated heterocycles. The molecule has 1 radical (unpaired) electrons. The van der Waals surface area contributed by atoms with Crippen LogP contribution in [-0.2, 0) is 9.53 Å². The van der Waals surface area contributed by atoms with Crippen molar-refractivity contribution in [2.24, 2.45) is 0 Å². The third-order valence-electron chi connectivity index (χ3n) is 0.211. The van der Waals surface area contributed by atoms with E-state index in [1.54, 1.807) is 0 Å². The Bertz CT molecular complexity index is 44.1. The van der Waals surface area contributed by atoms with Crippen molar-refractivity contribution in [2.75, 3.05) is 0 Å². The first-order chi connectivity index (χ1) is 2.77. The van der Waals surface area contributed by atoms with Crippen LogP contribution in [-0.4, -0.2) is 12.0 Å². The highest BCUT2D eigenvalue weighted by Crippen LogP contribution is 1.89. The van der Waals surface area contributed by atoms with Crippen molar-refractivity contribution in [1.29, 1.82) is 0 Å². The predicted octanol–water partition coefficient (Wildman–Crippen LogP) is 0.655. The number of ether oxygens (including phenoxy) is 1. The minimum absolute atomic E-state index is 0.553. The van der Waals surface area contributed by atoms with Crippen LogP contribution in [0.2, 0.25) is 0 Å². The zero-order chi connectivity index (χ0) is 4.99. The van der Waals surface area contributed by atoms with Gasteiger partial charge in [0.2, 0.25) is 0 Å². The Balaban J connectivity index is 2.81. The molecule has 0 aliphatic heterocycles. The molecule has 1 unspecified atom stereocenters. The van der Waals surface area contributed by atoms with E-state index in [1.165, 1.54) is 13.4 Å². The van der Waals surface area contributed by atoms with Crippen molar-refractivity contribution in [2.45, 2.75) is 12.5 Å². The van der Waals surface area contributed by atoms with Crippen LogP contribution in [0.4, 0.5) is 0 Å². The molecule has 3 heteroatoms. The summed E-state index contributed by atoms with van der Waals surface area (Å²) in [6, 6.07) is 0. The van der Waals surface area contributed by atoms with Gasteiger partial charge in [-0.1, -0.05) is 11.6 Å². The summed E-state index contributed by atoms with van der Waals surface area (Å²) in [7, 11) is 0. The van der Waals surface area contributed by atoms with Gasteiger partial charge in [-0.05, 0) is 6.92 Å². The molecule has 0 rings (SSSR count). The van der Waals surface area contributed by atoms with Crippen LogP contribution in [0.1, 0.15) is 6.92 Å². The Kier molecular flexibility index (Phi) is 2.85. The molecule has 0 saturated carbocycles. The first-order valence-corrected chi connectivity index (χ1v) is 1.88. The van der Waals surface area contributed by atoms with E-state index in [1.807, 2.05) is 0 Å². The molecule has 0 aliphatic carbocycles. The average Bonchev–Trinajstić information content (AvgIpc) is 1.35. The lowest BCUT2D eigenvalue weighted by atomic mass is 10.9. The van der Waals surface area contributed by atoms with Gasteiger partial charge in [-0.25, -0.2) is 4.79 Å². The highest BCUT2D eigenvalue weighted by Gasteiger charge is 1.88. The molecule has 0 fully saturated rings. The molecule has 0 aromatic heterocycles. The van der Waals surface area contributed by atoms with Crippen LogP contribution in [0, 0.1) is 0 Å². The molecule has 0 bridgehead atoms. The summed E-state index contributed by atoms with van der Waals surface area (Å²) in [5, 5.41) is 0. The molecule has 2 nitrogen and oxygen atoms in total. The van der Waals surface area contributed by atoms with Crippen molar-refractivity contribution in [3.05, 3.63) is 0 Å². The lowest BCUT2D eigenvalue weighted by Gasteiger charge is -1.91. The van der Waals surface area contributed by atoms with Gasteiger partial charge in [0.15, 0.2) is 5.56 Å². The molecule has 1 atom stereocenters. The van der Waals surface area contributed by atoms with Gasteiger partial charge in [0.1, 0.15) is 0 Å². The molecule has 0 heterocycles. The summed E-state index contributed by atoms with van der Waals surface area (Å²) in [5.41, 5.74) is -0.553. The SMILES string of the molecule is CC(Cl)O[C]=O. The van der Waals surface area contributed by atoms with Crippen LogP contribution >= 0.6 is 11.6 Å². The van der Waals surface area contributed by atoms with Gasteiger partial charge in [0.25, 0.3) is 0 Å². The van der Waals surface area contributed by atoms with E-state index < -0.39 is 5.56 Å². The number of halogens is 1. The summed E-state index contributed by atoms with van der Waals surface area (Å²) in [5.74, 6) is 0. The van der Waals surface area contributed by atoms with E-state index in [2.05, 4.69) is 4.74 Å². The monoisotopic (exact) mass is 107 g/mol. The lowest BCUT2D eigenvalue weighted by Crippen LogP contribution is -1.94. The average molecular weight is 108 g/mol. The first kappa shape index (κ1) is 5.76. The zero-order valence-corrected chi connectivity index (χ0v) is 4.03. The van der Waals surface area contributed by atoms with Gasteiger partial charge in [-0.3, -0.25) is 0 Å². The van der Waals surface area contributed by atoms with Gasteiger partial charge in [-0.15, -0.1) is 0 Å². The maximum absolute atomic E-state index is 9.18. The number of hydrogen-bond donors (Lipinski definition) is 0. The quantitative estimate of drug-likeness (QED) is 0.485. The van der Waals surface area contributed by atoms with Crippen molar-refractivity contribution in [1.82, 2.24) is 0 Å². The number of hydrogen-bond acceptors (Lipinski definition) is 2. The molecular weight excluding hydrogens is 103 g/mol. The molecule has 35 valence electrons. The van der Waals surface area contributed by atoms with Crippen LogP contribution in [0.15, 0.2) is 0 Å². The minimum Gasteiger partial charge on any atom is -0.438 e. The van der Waals surface area contributed by atoms with Gasteiger partial charge >= 0.3 is 6.47 Å². The summed E-state index contributed by atoms with van der Waals surface area (Å²) in [6.07, 6.45) is 0. The Morgan fingerprint density at radius 1 is 2.00 bits per heavy atom. The van der Waals surface area contributed by atoms with E-state index in [-0.39, 0.29) is 0 Å². The number of alkyl halides is 1. The smallest absolute Gasteiger partial charge is 0.419 e. The zero-order valence-electron chi connectivity index (χ0n) is 3.27. The van der Waals surface area contributed by atoms with Gasteiger partial charge < -0.3 is 4.74 Å². The number of carbonyl (C=O) groups excluding carboxylic acids is 1. The fourth-order valence-corrected chi connectivity index (χ4v) is 0.103. The van der Waals surface area contributed by atoms with Gasteiger partial charge in [-0.2, -0.15) is 0 Å². The van der Waals surface area contributed by atoms with E-state index in [0.29, 0.717) is 0 Å². The lowest BCUT2D eigenvalue weighted by molar-refractivity contribution is 0.263. The Labute approximate surface area is 41.0 Å². The van der Waals surface area contributed by atoms with Crippen molar-refractivity contribution in [3.8, 4) is 0 Å². The van der Waals surface area contributed by atoms with E-state index in [9.17, 15) is 4.79 Å². The standard InChI is InChI=1S/C3H4ClO2/c1-3(4)6-2-5/h3H,1H3. The molecule has 0 aromatic rings. The third kappa shape index (κ3) is 3.76. The molecule has 0 spiro atoms. The maximum Gasteiger partial charge on any atom is 0.419 e. The van der Waals surface area contributed by atoms with Crippen molar-refractivity contribution >= 4 is 18.1 Å². The Morgan fingerprint density at radius 3 is 2.50 bits per heavy atom. The topological polar surface area (TPSA) is 26.3 Å². The third-order valence-corrected chi connectivity index (χ3v) is 0.300. The maximum atomic E-state index is 9.18. The molecular formula is C3H4ClO2. The largest absolute Gasteiger partial charge is 0.438 e. The van der Waals surface area contributed by atoms with Crippen molar-refractivity contribution < 1.29 is 9.53 Å². The van der Waals surface area contributed by atoms with E-state index in [0.717, 1.165) is 0 Å². The highest BCUT2D eigenvalue weighted by atomic mass is 35.5. The fraction of sp³-hybridized carbons (Fsp3) is 0.667. The summed E-state index contributed by atoms with van der Waals surface area (Å²) in [4.78, 5) is 9.18. The van der Waals surface area contributed by atoms with Crippen LogP contribution in [0.25, 0.3) is 0 Å². The molecule has 0 aliphatic rings. The molecule has 6 heavy (non-hydrogen) atoms. The Hall–Kier alpha value is -0.240.